The Morgan fingerprint density at radius 3 is 2.95 bits per heavy atom. The number of nitrogens with one attached hydrogen (secondary N) is 1. The zero-order valence-corrected chi connectivity index (χ0v) is 10.8. The largest absolute Gasteiger partial charge is 0.476 e. The van der Waals surface area contributed by atoms with Gasteiger partial charge in [0.1, 0.15) is 6.54 Å². The molecule has 0 aromatic carbocycles. The zero-order valence-electron chi connectivity index (χ0n) is 10.8. The van der Waals surface area contributed by atoms with Gasteiger partial charge in [0.25, 0.3) is 0 Å². The van der Waals surface area contributed by atoms with Crippen LogP contribution >= 0.6 is 0 Å². The van der Waals surface area contributed by atoms with Crippen molar-refractivity contribution in [1.82, 2.24) is 25.5 Å². The van der Waals surface area contributed by atoms with E-state index in [2.05, 4.69) is 20.8 Å². The lowest BCUT2D eigenvalue weighted by atomic mass is 9.93. The Bertz CT molecular complexity index is 586. The number of nitrogens with zero attached hydrogens (tertiary/aromatic N) is 4. The van der Waals surface area contributed by atoms with Gasteiger partial charge in [-0.15, -0.1) is 5.10 Å². The van der Waals surface area contributed by atoms with Crippen molar-refractivity contribution in [3.63, 3.8) is 0 Å². The van der Waals surface area contributed by atoms with Gasteiger partial charge in [0, 0.05) is 12.0 Å². The summed E-state index contributed by atoms with van der Waals surface area (Å²) in [6.45, 7) is 2.09. The van der Waals surface area contributed by atoms with Crippen LogP contribution in [0, 0.1) is 0 Å². The second-order valence-electron chi connectivity index (χ2n) is 4.79. The quantitative estimate of drug-likeness (QED) is 0.837. The molecule has 0 bridgehead atoms. The molecule has 1 aliphatic heterocycles. The van der Waals surface area contributed by atoms with Crippen molar-refractivity contribution >= 4 is 5.97 Å². The number of aromatic carboxylic acids is 1. The summed E-state index contributed by atoms with van der Waals surface area (Å²) in [4.78, 5) is 11.3. The van der Waals surface area contributed by atoms with Gasteiger partial charge in [0.2, 0.25) is 0 Å². The van der Waals surface area contributed by atoms with Crippen LogP contribution in [0.4, 0.5) is 0 Å². The van der Waals surface area contributed by atoms with Gasteiger partial charge in [0.15, 0.2) is 11.5 Å². The monoisotopic (exact) mass is 277 g/mol. The van der Waals surface area contributed by atoms with E-state index in [1.807, 2.05) is 0 Å². The molecule has 2 aromatic rings. The van der Waals surface area contributed by atoms with Crippen LogP contribution < -0.4 is 5.32 Å². The third-order valence-electron chi connectivity index (χ3n) is 3.50. The van der Waals surface area contributed by atoms with Crippen LogP contribution in [0.25, 0.3) is 0 Å². The molecule has 1 aliphatic rings. The first-order valence-electron chi connectivity index (χ1n) is 6.52. The average Bonchev–Trinajstić information content (AvgIpc) is 3.09. The van der Waals surface area contributed by atoms with Crippen molar-refractivity contribution in [3.8, 4) is 0 Å². The molecule has 1 fully saturated rings. The Labute approximate surface area is 114 Å². The SMILES string of the molecule is O=C(O)c1nnn(Cc2ccno2)c1C1CCNCC1. The number of carboxylic acid groups (broad SMARTS) is 1. The molecule has 8 nitrogen and oxygen atoms in total. The predicted octanol–water partition coefficient (Wildman–Crippen LogP) is 0.480. The molecular formula is C12H15N5O3. The molecule has 0 aliphatic carbocycles. The van der Waals surface area contributed by atoms with E-state index in [-0.39, 0.29) is 11.6 Å². The highest BCUT2D eigenvalue weighted by Gasteiger charge is 2.28. The highest BCUT2D eigenvalue weighted by atomic mass is 16.5. The maximum Gasteiger partial charge on any atom is 0.358 e. The van der Waals surface area contributed by atoms with Crippen molar-refractivity contribution in [2.24, 2.45) is 0 Å². The molecular weight excluding hydrogens is 262 g/mol. The molecule has 0 unspecified atom stereocenters. The van der Waals surface area contributed by atoms with Crippen molar-refractivity contribution in [2.75, 3.05) is 13.1 Å². The standard InChI is InChI=1S/C12H15N5O3/c18-12(19)10-11(8-1-4-13-5-2-8)17(16-15-10)7-9-3-6-14-20-9/h3,6,8,13H,1-2,4-5,7H2,(H,18,19). The van der Waals surface area contributed by atoms with Crippen LogP contribution in [0.5, 0.6) is 0 Å². The zero-order chi connectivity index (χ0) is 13.9. The molecule has 2 N–H and O–H groups in total. The molecule has 1 saturated heterocycles. The van der Waals surface area contributed by atoms with E-state index in [0.29, 0.717) is 18.0 Å². The number of piperidine rings is 1. The molecule has 0 saturated carbocycles. The maximum absolute atomic E-state index is 11.3. The highest BCUT2D eigenvalue weighted by molar-refractivity contribution is 5.86. The fourth-order valence-corrected chi connectivity index (χ4v) is 2.56. The smallest absolute Gasteiger partial charge is 0.358 e. The number of hydrogen-bond acceptors (Lipinski definition) is 6. The fraction of sp³-hybridized carbons (Fsp3) is 0.500. The van der Waals surface area contributed by atoms with E-state index in [1.54, 1.807) is 16.9 Å². The van der Waals surface area contributed by atoms with Crippen molar-refractivity contribution in [3.05, 3.63) is 29.4 Å². The van der Waals surface area contributed by atoms with E-state index in [4.69, 9.17) is 4.52 Å². The van der Waals surface area contributed by atoms with Crippen LogP contribution in [0.15, 0.2) is 16.8 Å². The molecule has 0 spiro atoms. The van der Waals surface area contributed by atoms with Crippen LogP contribution in [-0.2, 0) is 6.54 Å². The summed E-state index contributed by atoms with van der Waals surface area (Å²) in [6, 6.07) is 1.73. The van der Waals surface area contributed by atoms with Crippen LogP contribution in [0.2, 0.25) is 0 Å². The summed E-state index contributed by atoms with van der Waals surface area (Å²) in [5.41, 5.74) is 0.715. The number of carboxylic acids is 1. The van der Waals surface area contributed by atoms with Gasteiger partial charge in [-0.3, -0.25) is 0 Å². The Kier molecular flexibility index (Phi) is 3.46. The van der Waals surface area contributed by atoms with Gasteiger partial charge < -0.3 is 14.9 Å². The molecule has 0 radical (unpaired) electrons. The maximum atomic E-state index is 11.3. The normalized spacial score (nSPS) is 16.4. The van der Waals surface area contributed by atoms with Gasteiger partial charge in [0.05, 0.1) is 11.9 Å². The summed E-state index contributed by atoms with van der Waals surface area (Å²) in [5, 5.41) is 23.9. The summed E-state index contributed by atoms with van der Waals surface area (Å²) in [5.74, 6) is -0.260. The molecule has 0 atom stereocenters. The van der Waals surface area contributed by atoms with E-state index in [9.17, 15) is 9.90 Å². The predicted molar refractivity (Wildman–Crippen MR) is 67.4 cm³/mol. The number of aromatic nitrogens is 4. The molecule has 20 heavy (non-hydrogen) atoms. The first-order valence-corrected chi connectivity index (χ1v) is 6.52. The van der Waals surface area contributed by atoms with Crippen LogP contribution in [-0.4, -0.2) is 44.3 Å². The number of rotatable bonds is 4. The molecule has 106 valence electrons. The summed E-state index contributed by atoms with van der Waals surface area (Å²) >= 11 is 0. The van der Waals surface area contributed by atoms with E-state index in [0.717, 1.165) is 25.9 Å². The van der Waals surface area contributed by atoms with Gasteiger partial charge in [-0.25, -0.2) is 9.48 Å². The van der Waals surface area contributed by atoms with E-state index in [1.165, 1.54) is 0 Å². The first-order chi connectivity index (χ1) is 9.75. The average molecular weight is 277 g/mol. The van der Waals surface area contributed by atoms with Crippen molar-refractivity contribution in [2.45, 2.75) is 25.3 Å². The van der Waals surface area contributed by atoms with Crippen molar-refractivity contribution < 1.29 is 14.4 Å². The fourth-order valence-electron chi connectivity index (χ4n) is 2.56. The Balaban J connectivity index is 1.94. The summed E-state index contributed by atoms with van der Waals surface area (Å²) in [6.07, 6.45) is 3.31. The lowest BCUT2D eigenvalue weighted by Gasteiger charge is -2.23. The summed E-state index contributed by atoms with van der Waals surface area (Å²) < 4.78 is 6.66. The molecule has 0 amide bonds. The van der Waals surface area contributed by atoms with E-state index < -0.39 is 5.97 Å². The summed E-state index contributed by atoms with van der Waals surface area (Å²) in [7, 11) is 0. The van der Waals surface area contributed by atoms with Crippen LogP contribution in [0.1, 0.15) is 40.7 Å². The Hall–Kier alpha value is -2.22. The van der Waals surface area contributed by atoms with Gasteiger partial charge in [-0.05, 0) is 25.9 Å². The molecule has 8 heteroatoms. The number of hydrogen-bond donors (Lipinski definition) is 2. The third-order valence-corrected chi connectivity index (χ3v) is 3.50. The lowest BCUT2D eigenvalue weighted by molar-refractivity contribution is 0.0688. The second-order valence-corrected chi connectivity index (χ2v) is 4.79. The minimum absolute atomic E-state index is 0.0383. The second kappa shape index (κ2) is 5.41. The first kappa shape index (κ1) is 12.8. The lowest BCUT2D eigenvalue weighted by Crippen LogP contribution is -2.28. The highest BCUT2D eigenvalue weighted by Crippen LogP contribution is 2.27. The van der Waals surface area contributed by atoms with Gasteiger partial charge in [-0.2, -0.15) is 0 Å². The molecule has 3 heterocycles. The molecule has 3 rings (SSSR count). The number of carbonyl (C=O) groups is 1. The van der Waals surface area contributed by atoms with Gasteiger partial charge in [-0.1, -0.05) is 10.4 Å². The van der Waals surface area contributed by atoms with Gasteiger partial charge >= 0.3 is 5.97 Å². The van der Waals surface area contributed by atoms with E-state index >= 15 is 0 Å². The minimum atomic E-state index is -1.04. The molecule has 2 aromatic heterocycles. The van der Waals surface area contributed by atoms with Crippen molar-refractivity contribution in [1.29, 1.82) is 0 Å². The van der Waals surface area contributed by atoms with Crippen LogP contribution in [0.3, 0.4) is 0 Å². The minimum Gasteiger partial charge on any atom is -0.476 e. The Morgan fingerprint density at radius 2 is 2.30 bits per heavy atom. The topological polar surface area (TPSA) is 106 Å². The Morgan fingerprint density at radius 1 is 1.50 bits per heavy atom. The third kappa shape index (κ3) is 2.42.